The van der Waals surface area contributed by atoms with Crippen molar-refractivity contribution in [2.24, 2.45) is 0 Å². The number of carboxylic acids is 1. The van der Waals surface area contributed by atoms with Gasteiger partial charge in [-0.1, -0.05) is 12.1 Å². The highest BCUT2D eigenvalue weighted by atomic mass is 19.1. The molecule has 3 nitrogen and oxygen atoms in total. The zero-order valence-corrected chi connectivity index (χ0v) is 10.5. The molecule has 0 unspecified atom stereocenters. The van der Waals surface area contributed by atoms with Crippen LogP contribution in [-0.2, 0) is 11.2 Å². The van der Waals surface area contributed by atoms with Gasteiger partial charge >= 0.3 is 5.97 Å². The molecule has 20 heavy (non-hydrogen) atoms. The minimum absolute atomic E-state index is 0.201. The van der Waals surface area contributed by atoms with Gasteiger partial charge in [0.15, 0.2) is 0 Å². The lowest BCUT2D eigenvalue weighted by molar-refractivity contribution is -0.137. The van der Waals surface area contributed by atoms with Crippen molar-refractivity contribution in [1.29, 1.82) is 0 Å². The topological polar surface area (TPSA) is 49.3 Å². The smallest absolute Gasteiger partial charge is 0.326 e. The second-order valence-electron chi connectivity index (χ2n) is 4.37. The summed E-state index contributed by atoms with van der Waals surface area (Å²) in [5.74, 6) is -1.79. The third kappa shape index (κ3) is 3.78. The van der Waals surface area contributed by atoms with Gasteiger partial charge in [0, 0.05) is 12.1 Å². The van der Waals surface area contributed by atoms with Crippen molar-refractivity contribution in [3.8, 4) is 0 Å². The largest absolute Gasteiger partial charge is 0.480 e. The van der Waals surface area contributed by atoms with Crippen LogP contribution in [0.25, 0.3) is 0 Å². The van der Waals surface area contributed by atoms with E-state index < -0.39 is 12.0 Å². The van der Waals surface area contributed by atoms with Crippen molar-refractivity contribution in [3.63, 3.8) is 0 Å². The molecule has 0 saturated carbocycles. The van der Waals surface area contributed by atoms with E-state index in [4.69, 9.17) is 0 Å². The highest BCUT2D eigenvalue weighted by molar-refractivity contribution is 5.77. The lowest BCUT2D eigenvalue weighted by atomic mass is 10.1. The fourth-order valence-corrected chi connectivity index (χ4v) is 1.80. The summed E-state index contributed by atoms with van der Waals surface area (Å²) in [5.41, 5.74) is 1.22. The first kappa shape index (κ1) is 14.0. The fourth-order valence-electron chi connectivity index (χ4n) is 1.80. The summed E-state index contributed by atoms with van der Waals surface area (Å²) in [6, 6.07) is 10.2. The van der Waals surface area contributed by atoms with Gasteiger partial charge in [0.25, 0.3) is 0 Å². The lowest BCUT2D eigenvalue weighted by Crippen LogP contribution is -2.31. The Kier molecular flexibility index (Phi) is 4.30. The normalized spacial score (nSPS) is 11.9. The first-order valence-electron chi connectivity index (χ1n) is 6.04. The predicted octanol–water partition coefficient (Wildman–Crippen LogP) is 3.07. The van der Waals surface area contributed by atoms with Crippen molar-refractivity contribution < 1.29 is 18.7 Å². The third-order valence-electron chi connectivity index (χ3n) is 2.84. The van der Waals surface area contributed by atoms with E-state index in [1.165, 1.54) is 48.5 Å². The summed E-state index contributed by atoms with van der Waals surface area (Å²) in [6.07, 6.45) is 0.201. The monoisotopic (exact) mass is 277 g/mol. The fraction of sp³-hybridized carbons (Fsp3) is 0.133. The zero-order chi connectivity index (χ0) is 14.5. The maximum absolute atomic E-state index is 12.8. The van der Waals surface area contributed by atoms with Gasteiger partial charge in [0.05, 0.1) is 0 Å². The van der Waals surface area contributed by atoms with Gasteiger partial charge in [0.2, 0.25) is 0 Å². The number of hydrogen-bond donors (Lipinski definition) is 2. The van der Waals surface area contributed by atoms with Gasteiger partial charge in [-0.25, -0.2) is 13.6 Å². The van der Waals surface area contributed by atoms with Crippen LogP contribution >= 0.6 is 0 Å². The van der Waals surface area contributed by atoms with Crippen LogP contribution in [0.3, 0.4) is 0 Å². The predicted molar refractivity (Wildman–Crippen MR) is 71.6 cm³/mol. The standard InChI is InChI=1S/C15H13F2NO2/c16-11-3-1-10(2-4-11)9-14(15(19)20)18-13-7-5-12(17)6-8-13/h1-8,14,18H,9H2,(H,19,20)/t14-/m1/s1. The SMILES string of the molecule is O=C(O)[C@@H](Cc1ccc(F)cc1)Nc1ccc(F)cc1. The molecule has 0 aliphatic rings. The molecule has 1 atom stereocenters. The maximum Gasteiger partial charge on any atom is 0.326 e. The van der Waals surface area contributed by atoms with Crippen molar-refractivity contribution in [3.05, 3.63) is 65.7 Å². The summed E-state index contributed by atoms with van der Waals surface area (Å²) in [7, 11) is 0. The highest BCUT2D eigenvalue weighted by Crippen LogP contribution is 2.13. The second kappa shape index (κ2) is 6.14. The minimum Gasteiger partial charge on any atom is -0.480 e. The van der Waals surface area contributed by atoms with Crippen LogP contribution in [0.2, 0.25) is 0 Å². The Morgan fingerprint density at radius 1 is 1.00 bits per heavy atom. The molecule has 2 N–H and O–H groups in total. The lowest BCUT2D eigenvalue weighted by Gasteiger charge is -2.16. The number of aliphatic carboxylic acids is 1. The molecule has 0 spiro atoms. The van der Waals surface area contributed by atoms with E-state index in [1.54, 1.807) is 0 Å². The quantitative estimate of drug-likeness (QED) is 0.883. The first-order chi connectivity index (χ1) is 9.54. The Morgan fingerprint density at radius 3 is 2.00 bits per heavy atom. The molecule has 0 aliphatic carbocycles. The number of nitrogens with one attached hydrogen (secondary N) is 1. The maximum atomic E-state index is 12.8. The van der Waals surface area contributed by atoms with E-state index in [0.717, 1.165) is 0 Å². The summed E-state index contributed by atoms with van der Waals surface area (Å²) >= 11 is 0. The number of carboxylic acid groups (broad SMARTS) is 1. The number of anilines is 1. The van der Waals surface area contributed by atoms with Crippen LogP contribution in [0, 0.1) is 11.6 Å². The Labute approximate surface area is 114 Å². The summed E-state index contributed by atoms with van der Waals surface area (Å²) in [6.45, 7) is 0. The second-order valence-corrected chi connectivity index (χ2v) is 4.37. The molecule has 2 aromatic carbocycles. The van der Waals surface area contributed by atoms with Crippen molar-refractivity contribution in [2.45, 2.75) is 12.5 Å². The number of halogens is 2. The van der Waals surface area contributed by atoms with Gasteiger partial charge in [-0.05, 0) is 42.0 Å². The first-order valence-corrected chi connectivity index (χ1v) is 6.04. The van der Waals surface area contributed by atoms with Crippen LogP contribution in [0.5, 0.6) is 0 Å². The van der Waals surface area contributed by atoms with Crippen molar-refractivity contribution in [1.82, 2.24) is 0 Å². The van der Waals surface area contributed by atoms with Crippen LogP contribution in [-0.4, -0.2) is 17.1 Å². The summed E-state index contributed by atoms with van der Waals surface area (Å²) < 4.78 is 25.6. The highest BCUT2D eigenvalue weighted by Gasteiger charge is 2.17. The zero-order valence-electron chi connectivity index (χ0n) is 10.5. The molecule has 0 amide bonds. The van der Waals surface area contributed by atoms with E-state index in [1.807, 2.05) is 0 Å². The third-order valence-corrected chi connectivity index (χ3v) is 2.84. The number of hydrogen-bond acceptors (Lipinski definition) is 2. The Hall–Kier alpha value is -2.43. The van der Waals surface area contributed by atoms with Crippen LogP contribution in [0.1, 0.15) is 5.56 Å². The van der Waals surface area contributed by atoms with Crippen molar-refractivity contribution >= 4 is 11.7 Å². The Bertz CT molecular complexity index is 534. The molecular weight excluding hydrogens is 264 g/mol. The number of rotatable bonds is 5. The molecule has 5 heteroatoms. The van der Waals surface area contributed by atoms with E-state index in [2.05, 4.69) is 5.32 Å². The molecule has 0 fully saturated rings. The molecule has 2 rings (SSSR count). The molecule has 0 heterocycles. The van der Waals surface area contributed by atoms with Crippen LogP contribution in [0.15, 0.2) is 48.5 Å². The van der Waals surface area contributed by atoms with Crippen LogP contribution in [0.4, 0.5) is 14.5 Å². The molecule has 0 radical (unpaired) electrons. The molecule has 0 aromatic heterocycles. The van der Waals surface area contributed by atoms with E-state index in [9.17, 15) is 18.7 Å². The average molecular weight is 277 g/mol. The van der Waals surface area contributed by atoms with Gasteiger partial charge in [-0.2, -0.15) is 0 Å². The molecular formula is C15H13F2NO2. The average Bonchev–Trinajstić information content (AvgIpc) is 2.42. The van der Waals surface area contributed by atoms with E-state index >= 15 is 0 Å². The van der Waals surface area contributed by atoms with Gasteiger partial charge in [-0.15, -0.1) is 0 Å². The van der Waals surface area contributed by atoms with Crippen LogP contribution < -0.4 is 5.32 Å². The number of benzene rings is 2. The number of carbonyl (C=O) groups is 1. The minimum atomic E-state index is -1.03. The molecule has 0 saturated heterocycles. The van der Waals surface area contributed by atoms with Crippen molar-refractivity contribution in [2.75, 3.05) is 5.32 Å². The summed E-state index contributed by atoms with van der Waals surface area (Å²) in [5, 5.41) is 12.0. The van der Waals surface area contributed by atoms with Gasteiger partial charge in [0.1, 0.15) is 17.7 Å². The summed E-state index contributed by atoms with van der Waals surface area (Å²) in [4.78, 5) is 11.2. The molecule has 104 valence electrons. The Balaban J connectivity index is 2.09. The Morgan fingerprint density at radius 2 is 1.50 bits per heavy atom. The van der Waals surface area contributed by atoms with E-state index in [-0.39, 0.29) is 18.1 Å². The molecule has 0 aliphatic heterocycles. The molecule has 0 bridgehead atoms. The van der Waals surface area contributed by atoms with Gasteiger partial charge < -0.3 is 10.4 Å². The molecule has 2 aromatic rings. The van der Waals surface area contributed by atoms with Gasteiger partial charge in [-0.3, -0.25) is 0 Å². The van der Waals surface area contributed by atoms with E-state index in [0.29, 0.717) is 11.3 Å².